The molecule has 0 saturated carbocycles. The van der Waals surface area contributed by atoms with E-state index in [0.717, 1.165) is 4.90 Å². The van der Waals surface area contributed by atoms with Crippen molar-refractivity contribution in [2.45, 2.75) is 13.8 Å². The van der Waals surface area contributed by atoms with Crippen molar-refractivity contribution in [1.29, 1.82) is 0 Å². The SMILES string of the molecule is C=C(C)C(=O)OCC.OCN(CO)CO. The van der Waals surface area contributed by atoms with Gasteiger partial charge in [0.15, 0.2) is 0 Å². The van der Waals surface area contributed by atoms with Crippen LogP contribution in [0.3, 0.4) is 0 Å². The van der Waals surface area contributed by atoms with Gasteiger partial charge in [0.1, 0.15) is 0 Å². The van der Waals surface area contributed by atoms with Gasteiger partial charge >= 0.3 is 5.97 Å². The summed E-state index contributed by atoms with van der Waals surface area (Å²) in [5.74, 6) is -0.312. The van der Waals surface area contributed by atoms with E-state index in [0.29, 0.717) is 12.2 Å². The molecule has 0 aromatic heterocycles. The molecule has 0 aliphatic carbocycles. The van der Waals surface area contributed by atoms with Gasteiger partial charge in [0.25, 0.3) is 0 Å². The van der Waals surface area contributed by atoms with Crippen LogP contribution in [0.1, 0.15) is 13.8 Å². The topological polar surface area (TPSA) is 90.2 Å². The monoisotopic (exact) mass is 221 g/mol. The second-order valence-corrected chi connectivity index (χ2v) is 2.60. The zero-order chi connectivity index (χ0) is 12.3. The van der Waals surface area contributed by atoms with E-state index in [1.54, 1.807) is 13.8 Å². The van der Waals surface area contributed by atoms with Gasteiger partial charge in [-0.2, -0.15) is 0 Å². The summed E-state index contributed by atoms with van der Waals surface area (Å²) in [5, 5.41) is 24.4. The largest absolute Gasteiger partial charge is 0.463 e. The molecule has 0 unspecified atom stereocenters. The van der Waals surface area contributed by atoms with Crippen LogP contribution >= 0.6 is 0 Å². The molecule has 0 atom stereocenters. The van der Waals surface area contributed by atoms with Crippen LogP contribution in [0.25, 0.3) is 0 Å². The lowest BCUT2D eigenvalue weighted by Crippen LogP contribution is -2.26. The smallest absolute Gasteiger partial charge is 0.333 e. The van der Waals surface area contributed by atoms with Crippen LogP contribution < -0.4 is 0 Å². The predicted molar refractivity (Wildman–Crippen MR) is 54.5 cm³/mol. The van der Waals surface area contributed by atoms with Crippen LogP contribution in [0, 0.1) is 0 Å². The van der Waals surface area contributed by atoms with E-state index in [1.807, 2.05) is 0 Å². The summed E-state index contributed by atoms with van der Waals surface area (Å²) in [6.07, 6.45) is 0. The molecule has 0 bridgehead atoms. The number of aliphatic hydroxyl groups is 3. The molecule has 3 N–H and O–H groups in total. The van der Waals surface area contributed by atoms with E-state index < -0.39 is 0 Å². The standard InChI is InChI=1S/C6H10O2.C3H9NO3/c1-4-8-6(7)5(2)3;5-1-4(2-6)3-7/h2,4H2,1,3H3;5-7H,1-3H2. The minimum absolute atomic E-state index is 0.312. The molecular weight excluding hydrogens is 202 g/mol. The summed E-state index contributed by atoms with van der Waals surface area (Å²) in [6, 6.07) is 0. The Morgan fingerprint density at radius 3 is 1.73 bits per heavy atom. The second-order valence-electron chi connectivity index (χ2n) is 2.60. The number of aliphatic hydroxyl groups excluding tert-OH is 3. The third-order valence-corrected chi connectivity index (χ3v) is 1.22. The highest BCUT2D eigenvalue weighted by Gasteiger charge is 1.98. The number of ether oxygens (including phenoxy) is 1. The molecule has 0 spiro atoms. The molecule has 0 aliphatic heterocycles. The molecule has 0 aliphatic rings. The highest BCUT2D eigenvalue weighted by atomic mass is 16.5. The molecular formula is C9H19NO5. The van der Waals surface area contributed by atoms with E-state index in [9.17, 15) is 4.79 Å². The van der Waals surface area contributed by atoms with Crippen molar-refractivity contribution in [2.75, 3.05) is 26.8 Å². The van der Waals surface area contributed by atoms with Gasteiger partial charge in [-0.05, 0) is 13.8 Å². The lowest BCUT2D eigenvalue weighted by molar-refractivity contribution is -0.138. The lowest BCUT2D eigenvalue weighted by atomic mass is 10.4. The number of hydrogen-bond donors (Lipinski definition) is 3. The maximum Gasteiger partial charge on any atom is 0.333 e. The first-order valence-electron chi connectivity index (χ1n) is 4.40. The number of hydrogen-bond acceptors (Lipinski definition) is 6. The fraction of sp³-hybridized carbons (Fsp3) is 0.667. The van der Waals surface area contributed by atoms with Gasteiger partial charge in [0.05, 0.1) is 26.8 Å². The van der Waals surface area contributed by atoms with Crippen molar-refractivity contribution >= 4 is 5.97 Å². The number of rotatable bonds is 5. The minimum Gasteiger partial charge on any atom is -0.463 e. The van der Waals surface area contributed by atoms with E-state index in [4.69, 9.17) is 15.3 Å². The molecule has 0 heterocycles. The molecule has 15 heavy (non-hydrogen) atoms. The van der Waals surface area contributed by atoms with Crippen molar-refractivity contribution in [3.8, 4) is 0 Å². The summed E-state index contributed by atoms with van der Waals surface area (Å²) >= 11 is 0. The Labute approximate surface area is 89.4 Å². The van der Waals surface area contributed by atoms with Gasteiger partial charge in [-0.25, -0.2) is 9.69 Å². The normalized spacial score (nSPS) is 9.20. The van der Waals surface area contributed by atoms with Gasteiger partial charge < -0.3 is 20.1 Å². The molecule has 0 fully saturated rings. The van der Waals surface area contributed by atoms with E-state index >= 15 is 0 Å². The van der Waals surface area contributed by atoms with Crippen molar-refractivity contribution in [2.24, 2.45) is 0 Å². The third kappa shape index (κ3) is 11.0. The highest BCUT2D eigenvalue weighted by molar-refractivity contribution is 5.86. The van der Waals surface area contributed by atoms with Gasteiger partial charge in [-0.3, -0.25) is 0 Å². The zero-order valence-corrected chi connectivity index (χ0v) is 9.14. The molecule has 0 saturated heterocycles. The van der Waals surface area contributed by atoms with Crippen molar-refractivity contribution in [3.05, 3.63) is 12.2 Å². The van der Waals surface area contributed by atoms with Gasteiger partial charge in [0.2, 0.25) is 0 Å². The average Bonchev–Trinajstić information content (AvgIpc) is 2.21. The van der Waals surface area contributed by atoms with E-state index in [-0.39, 0.29) is 26.2 Å². The maximum atomic E-state index is 10.4. The van der Waals surface area contributed by atoms with Crippen LogP contribution in [0.5, 0.6) is 0 Å². The summed E-state index contributed by atoms with van der Waals surface area (Å²) in [5.41, 5.74) is 0.451. The fourth-order valence-electron chi connectivity index (χ4n) is 0.388. The van der Waals surface area contributed by atoms with E-state index in [2.05, 4.69) is 11.3 Å². The van der Waals surface area contributed by atoms with Crippen LogP contribution in [0.4, 0.5) is 0 Å². The first kappa shape index (κ1) is 16.5. The van der Waals surface area contributed by atoms with Gasteiger partial charge in [-0.15, -0.1) is 0 Å². The number of esters is 1. The van der Waals surface area contributed by atoms with Crippen LogP contribution in [0.15, 0.2) is 12.2 Å². The van der Waals surface area contributed by atoms with Crippen LogP contribution in [-0.4, -0.2) is 53.0 Å². The Bertz CT molecular complexity index is 174. The first-order valence-corrected chi connectivity index (χ1v) is 4.40. The zero-order valence-electron chi connectivity index (χ0n) is 9.14. The van der Waals surface area contributed by atoms with Crippen molar-refractivity contribution in [3.63, 3.8) is 0 Å². The van der Waals surface area contributed by atoms with Crippen LogP contribution in [0.2, 0.25) is 0 Å². The molecule has 0 aromatic rings. The summed E-state index contributed by atoms with van der Waals surface area (Å²) in [6.45, 7) is 6.27. The minimum atomic E-state index is -0.312. The Morgan fingerprint density at radius 2 is 1.67 bits per heavy atom. The Morgan fingerprint density at radius 1 is 1.27 bits per heavy atom. The van der Waals surface area contributed by atoms with E-state index in [1.165, 1.54) is 0 Å². The van der Waals surface area contributed by atoms with Crippen molar-refractivity contribution < 1.29 is 24.9 Å². The third-order valence-electron chi connectivity index (χ3n) is 1.22. The molecule has 0 amide bonds. The summed E-state index contributed by atoms with van der Waals surface area (Å²) in [7, 11) is 0. The molecule has 0 radical (unpaired) electrons. The van der Waals surface area contributed by atoms with Crippen molar-refractivity contribution in [1.82, 2.24) is 4.90 Å². The molecule has 6 heteroatoms. The lowest BCUT2D eigenvalue weighted by Gasteiger charge is -2.09. The van der Waals surface area contributed by atoms with Gasteiger partial charge in [-0.1, -0.05) is 6.58 Å². The van der Waals surface area contributed by atoms with Crippen LogP contribution in [-0.2, 0) is 9.53 Å². The predicted octanol–water partition coefficient (Wildman–Crippen LogP) is -0.737. The fourth-order valence-corrected chi connectivity index (χ4v) is 0.388. The molecule has 6 nitrogen and oxygen atoms in total. The highest BCUT2D eigenvalue weighted by Crippen LogP contribution is 1.89. The van der Waals surface area contributed by atoms with Gasteiger partial charge in [0, 0.05) is 5.57 Å². The molecule has 0 aromatic carbocycles. The second kappa shape index (κ2) is 11.1. The summed E-state index contributed by atoms with van der Waals surface area (Å²) in [4.78, 5) is 11.5. The first-order chi connectivity index (χ1) is 7.03. The number of carbonyl (C=O) groups excluding carboxylic acids is 1. The average molecular weight is 221 g/mol. The quantitative estimate of drug-likeness (QED) is 0.322. The Hall–Kier alpha value is -0.950. The molecule has 90 valence electrons. The Kier molecular flexibility index (Phi) is 12.2. The Balaban J connectivity index is 0. The number of nitrogens with zero attached hydrogens (tertiary/aromatic N) is 1. The number of carbonyl (C=O) groups is 1. The summed E-state index contributed by atoms with van der Waals surface area (Å²) < 4.78 is 4.56. The maximum absolute atomic E-state index is 10.4. The molecule has 0 rings (SSSR count).